The predicted molar refractivity (Wildman–Crippen MR) is 451 cm³/mol. The van der Waals surface area contributed by atoms with Gasteiger partial charge < -0.3 is 18.6 Å². The minimum atomic E-state index is -0.168. The van der Waals surface area contributed by atoms with E-state index in [0.717, 1.165) is 106 Å². The largest absolute Gasteiger partial charge is 0.484 e. The van der Waals surface area contributed by atoms with Crippen LogP contribution in [0.3, 0.4) is 0 Å². The van der Waals surface area contributed by atoms with E-state index in [0.29, 0.717) is 34.9 Å². The molecule has 14 aromatic carbocycles. The molecule has 0 amide bonds. The van der Waals surface area contributed by atoms with Crippen LogP contribution in [-0.4, -0.2) is 39.0 Å². The Morgan fingerprint density at radius 2 is 0.500 bits per heavy atom. The van der Waals surface area contributed by atoms with Crippen molar-refractivity contribution in [3.63, 3.8) is 0 Å². The summed E-state index contributed by atoms with van der Waals surface area (Å²) in [7, 11) is 0. The molecule has 2 aliphatic carbocycles. The van der Waals surface area contributed by atoms with Crippen molar-refractivity contribution in [2.75, 3.05) is 0 Å². The Hall–Kier alpha value is -14.7. The van der Waals surface area contributed by atoms with E-state index in [1.807, 2.05) is 72.8 Å². The van der Waals surface area contributed by atoms with Crippen molar-refractivity contribution in [3.05, 3.63) is 410 Å². The third-order valence-electron chi connectivity index (χ3n) is 22.0. The second-order valence-electron chi connectivity index (χ2n) is 28.7. The number of benzene rings is 14. The molecule has 4 aliphatic rings. The van der Waals surface area contributed by atoms with Crippen LogP contribution in [-0.2, 0) is 0 Å². The number of hydrogen-bond donors (Lipinski definition) is 0. The zero-order chi connectivity index (χ0) is 74.0. The molecule has 6 heterocycles. The molecule has 4 atom stereocenters. The molecule has 10 nitrogen and oxygen atoms in total. The van der Waals surface area contributed by atoms with Gasteiger partial charge in [-0.15, -0.1) is 0 Å². The molecule has 0 spiro atoms. The highest BCUT2D eigenvalue weighted by atomic mass is 16.5. The van der Waals surface area contributed by atoms with Crippen molar-refractivity contribution >= 4 is 34.0 Å². The maximum atomic E-state index is 6.90. The van der Waals surface area contributed by atoms with Gasteiger partial charge in [0.25, 0.3) is 0 Å². The highest BCUT2D eigenvalue weighted by Crippen LogP contribution is 2.56. The molecular weight excluding hydrogens is 1370 g/mol. The Morgan fingerprint density at radius 1 is 0.223 bits per heavy atom. The Balaban J connectivity index is 0.000000141. The average molecular weight is 1440 g/mol. The van der Waals surface area contributed by atoms with Gasteiger partial charge in [-0.1, -0.05) is 297 Å². The molecule has 22 rings (SSSR count). The fourth-order valence-electron chi connectivity index (χ4n) is 16.7. The van der Waals surface area contributed by atoms with E-state index in [2.05, 4.69) is 325 Å². The number of nitrogens with zero attached hydrogens (tertiary/aromatic N) is 8. The van der Waals surface area contributed by atoms with Crippen LogP contribution in [0.25, 0.3) is 158 Å². The summed E-state index contributed by atoms with van der Waals surface area (Å²) >= 11 is 0. The zero-order valence-electron chi connectivity index (χ0n) is 60.7. The Kier molecular flexibility index (Phi) is 16.3. The standard InChI is InChI=1S/2C51H34N4O/c1-4-14-33(15-5-1)36-20-12-22-38(30-36)50-52-49(35-18-8-3-9-19-35)53-51(54-50)39-26-29-46-43(32-39)41-27-28-45-47(48(41)56-46)42-24-10-11-25-44(42)55(45)40-23-13-21-37(31-40)34-16-6-2-7-17-34;1-4-13-33(14-5-1)35-23-25-37(26-24-35)50-52-49(36-17-8-3-9-18-36)53-51(54-50)39-27-30-46-43(32-39)41-28-29-45-47(48(41)56-46)42-21-10-11-22-44(42)55(45)40-20-12-19-38(31-40)34-15-6-2-7-16-34/h2*1-32,41,48H. The van der Waals surface area contributed by atoms with Gasteiger partial charge in [0.05, 0.1) is 22.4 Å². The molecule has 112 heavy (non-hydrogen) atoms. The fourth-order valence-corrected chi connectivity index (χ4v) is 16.7. The van der Waals surface area contributed by atoms with Crippen molar-refractivity contribution in [1.82, 2.24) is 39.0 Å². The van der Waals surface area contributed by atoms with Crippen LogP contribution in [0.1, 0.15) is 57.7 Å². The first kappa shape index (κ1) is 65.5. The number of fused-ring (bicyclic) bond motifs is 14. The molecule has 0 radical (unpaired) electrons. The van der Waals surface area contributed by atoms with Gasteiger partial charge in [-0.05, 0) is 136 Å². The van der Waals surface area contributed by atoms with Crippen molar-refractivity contribution in [1.29, 1.82) is 0 Å². The van der Waals surface area contributed by atoms with Crippen molar-refractivity contribution < 1.29 is 9.47 Å². The van der Waals surface area contributed by atoms with Gasteiger partial charge in [0, 0.05) is 89.6 Å². The van der Waals surface area contributed by atoms with E-state index >= 15 is 0 Å². The number of para-hydroxylation sites is 2. The maximum Gasteiger partial charge on any atom is 0.164 e. The normalized spacial score (nSPS) is 15.2. The monoisotopic (exact) mass is 1440 g/mol. The van der Waals surface area contributed by atoms with Crippen molar-refractivity contribution in [3.8, 4) is 136 Å². The summed E-state index contributed by atoms with van der Waals surface area (Å²) in [5.41, 5.74) is 26.5. The summed E-state index contributed by atoms with van der Waals surface area (Å²) < 4.78 is 18.6. The Morgan fingerprint density at radius 3 is 0.902 bits per heavy atom. The van der Waals surface area contributed by atoms with E-state index < -0.39 is 0 Å². The second kappa shape index (κ2) is 27.8. The van der Waals surface area contributed by atoms with Gasteiger partial charge in [0.1, 0.15) is 23.7 Å². The van der Waals surface area contributed by atoms with Gasteiger partial charge in [-0.2, -0.15) is 0 Å². The lowest BCUT2D eigenvalue weighted by Gasteiger charge is -2.22. The van der Waals surface area contributed by atoms with Gasteiger partial charge in [0.15, 0.2) is 34.9 Å². The lowest BCUT2D eigenvalue weighted by Crippen LogP contribution is -2.13. The smallest absolute Gasteiger partial charge is 0.164 e. The van der Waals surface area contributed by atoms with Crippen LogP contribution in [0.2, 0.25) is 0 Å². The summed E-state index contributed by atoms with van der Waals surface area (Å²) in [5, 5.41) is 2.40. The third kappa shape index (κ3) is 11.8. The van der Waals surface area contributed by atoms with Crippen molar-refractivity contribution in [2.45, 2.75) is 24.0 Å². The topological polar surface area (TPSA) is 106 Å². The lowest BCUT2D eigenvalue weighted by atomic mass is 9.85. The minimum Gasteiger partial charge on any atom is -0.484 e. The summed E-state index contributed by atoms with van der Waals surface area (Å²) in [6.07, 6.45) is 8.85. The molecule has 4 unspecified atom stereocenters. The van der Waals surface area contributed by atoms with Gasteiger partial charge in [0.2, 0.25) is 0 Å². The van der Waals surface area contributed by atoms with E-state index in [1.165, 1.54) is 49.7 Å². The number of ether oxygens (including phenoxy) is 2. The molecule has 0 saturated carbocycles. The van der Waals surface area contributed by atoms with Gasteiger partial charge in [-0.3, -0.25) is 0 Å². The van der Waals surface area contributed by atoms with Crippen LogP contribution >= 0.6 is 0 Å². The fraction of sp³-hybridized carbons (Fsp3) is 0.0392. The summed E-state index contributed by atoms with van der Waals surface area (Å²) in [4.78, 5) is 30.3. The molecule has 0 saturated heterocycles. The zero-order valence-corrected chi connectivity index (χ0v) is 60.7. The van der Waals surface area contributed by atoms with Gasteiger partial charge in [-0.25, -0.2) is 29.9 Å². The average Bonchev–Trinajstić information content (AvgIpc) is 1.57. The molecule has 0 fully saturated rings. The van der Waals surface area contributed by atoms with Crippen LogP contribution in [0.15, 0.2) is 376 Å². The lowest BCUT2D eigenvalue weighted by molar-refractivity contribution is 0.224. The van der Waals surface area contributed by atoms with Crippen LogP contribution in [0, 0.1) is 0 Å². The summed E-state index contributed by atoms with van der Waals surface area (Å²) in [6, 6.07) is 127. The van der Waals surface area contributed by atoms with Crippen LogP contribution < -0.4 is 9.47 Å². The maximum absolute atomic E-state index is 6.90. The summed E-state index contributed by atoms with van der Waals surface area (Å²) in [5.74, 6) is 5.63. The second-order valence-corrected chi connectivity index (χ2v) is 28.7. The van der Waals surface area contributed by atoms with E-state index in [9.17, 15) is 0 Å². The molecule has 0 N–H and O–H groups in total. The first-order valence-corrected chi connectivity index (χ1v) is 38.0. The third-order valence-corrected chi connectivity index (χ3v) is 22.0. The SMILES string of the molecule is C1=CC2c3cc(-c4nc(-c5ccccc5)nc(-c5ccc(-c6ccccc6)cc5)n4)ccc3OC2c2c1n(-c1cccc(-c3ccccc3)c1)c1ccccc21.C1=CC2c3cc(-c4nc(-c5ccccc5)nc(-c5cccc(-c6ccccc6)c5)n4)ccc3OC2c2c1n(-c1cccc(-c3ccccc3)c1)c1ccccc21. The quantitative estimate of drug-likeness (QED) is 0.119. The Bertz CT molecular complexity index is 6700. The first-order chi connectivity index (χ1) is 55.5. The summed E-state index contributed by atoms with van der Waals surface area (Å²) in [6.45, 7) is 0. The van der Waals surface area contributed by atoms with Gasteiger partial charge >= 0.3 is 0 Å². The highest BCUT2D eigenvalue weighted by Gasteiger charge is 2.42. The molecule has 528 valence electrons. The van der Waals surface area contributed by atoms with Crippen LogP contribution in [0.4, 0.5) is 0 Å². The predicted octanol–water partition coefficient (Wildman–Crippen LogP) is 24.8. The molecular formula is C102H68N8O2. The minimum absolute atomic E-state index is 0.0322. The molecule has 4 aromatic heterocycles. The number of aromatic nitrogens is 8. The van der Waals surface area contributed by atoms with E-state index in [-0.39, 0.29) is 24.0 Å². The molecule has 10 heteroatoms. The molecule has 2 aliphatic heterocycles. The van der Waals surface area contributed by atoms with E-state index in [4.69, 9.17) is 39.4 Å². The molecule has 0 bridgehead atoms. The first-order valence-electron chi connectivity index (χ1n) is 38.0. The van der Waals surface area contributed by atoms with Crippen molar-refractivity contribution in [2.24, 2.45) is 0 Å². The number of rotatable bonds is 12. The van der Waals surface area contributed by atoms with E-state index in [1.54, 1.807) is 0 Å². The highest BCUT2D eigenvalue weighted by molar-refractivity contribution is 5.94. The van der Waals surface area contributed by atoms with Crippen LogP contribution in [0.5, 0.6) is 11.5 Å². The molecule has 18 aromatic rings. The Labute approximate surface area is 648 Å². The number of hydrogen-bond acceptors (Lipinski definition) is 8.